The van der Waals surface area contributed by atoms with Gasteiger partial charge in [0.2, 0.25) is 0 Å². The van der Waals surface area contributed by atoms with Crippen LogP contribution in [0.5, 0.6) is 0 Å². The Labute approximate surface area is 118 Å². The highest BCUT2D eigenvalue weighted by Gasteiger charge is 2.66. The monoisotopic (exact) mass is 265 g/mol. The van der Waals surface area contributed by atoms with Gasteiger partial charge in [-0.3, -0.25) is 4.98 Å². The number of aliphatic hydroxyl groups is 1. The molecular formula is C18H19NO. The van der Waals surface area contributed by atoms with Crippen LogP contribution in [0.4, 0.5) is 0 Å². The number of aromatic nitrogens is 1. The zero-order valence-electron chi connectivity index (χ0n) is 11.4. The number of hydrogen-bond acceptors (Lipinski definition) is 2. The first-order chi connectivity index (χ1) is 9.84. The minimum Gasteiger partial charge on any atom is -0.388 e. The Morgan fingerprint density at radius 2 is 1.80 bits per heavy atom. The molecule has 3 aliphatic carbocycles. The third-order valence-electron chi connectivity index (χ3n) is 6.14. The van der Waals surface area contributed by atoms with E-state index in [9.17, 15) is 5.11 Å². The van der Waals surface area contributed by atoms with E-state index in [-0.39, 0.29) is 6.10 Å². The van der Waals surface area contributed by atoms with Gasteiger partial charge in [-0.05, 0) is 54.9 Å². The molecule has 0 aliphatic heterocycles. The van der Waals surface area contributed by atoms with E-state index < -0.39 is 0 Å². The molecular weight excluding hydrogens is 246 g/mol. The number of aliphatic hydroxyl groups excluding tert-OH is 1. The quantitative estimate of drug-likeness (QED) is 0.900. The van der Waals surface area contributed by atoms with Crippen LogP contribution in [0.15, 0.2) is 36.5 Å². The van der Waals surface area contributed by atoms with Gasteiger partial charge in [0.25, 0.3) is 0 Å². The molecule has 3 fully saturated rings. The van der Waals surface area contributed by atoms with Gasteiger partial charge in [0, 0.05) is 17.1 Å². The molecule has 2 heteroatoms. The molecule has 1 aromatic carbocycles. The van der Waals surface area contributed by atoms with Crippen molar-refractivity contribution in [2.24, 2.45) is 29.6 Å². The highest BCUT2D eigenvalue weighted by atomic mass is 16.3. The van der Waals surface area contributed by atoms with Crippen molar-refractivity contribution in [1.29, 1.82) is 0 Å². The van der Waals surface area contributed by atoms with Crippen molar-refractivity contribution in [1.82, 2.24) is 4.98 Å². The lowest BCUT2D eigenvalue weighted by molar-refractivity contribution is 0.131. The maximum atomic E-state index is 10.9. The van der Waals surface area contributed by atoms with Gasteiger partial charge >= 0.3 is 0 Å². The number of fused-ring (bicyclic) bond motifs is 6. The summed E-state index contributed by atoms with van der Waals surface area (Å²) in [7, 11) is 0. The minimum absolute atomic E-state index is 0.313. The molecule has 3 saturated carbocycles. The van der Waals surface area contributed by atoms with Gasteiger partial charge in [0.1, 0.15) is 0 Å². The Morgan fingerprint density at radius 3 is 2.60 bits per heavy atom. The summed E-state index contributed by atoms with van der Waals surface area (Å²) in [6.45, 7) is 0. The number of benzene rings is 1. The first-order valence-corrected chi connectivity index (χ1v) is 7.86. The maximum absolute atomic E-state index is 10.9. The molecule has 0 saturated heterocycles. The van der Waals surface area contributed by atoms with Crippen LogP contribution in [-0.4, -0.2) is 10.1 Å². The summed E-state index contributed by atoms with van der Waals surface area (Å²) in [5, 5.41) is 12.0. The van der Waals surface area contributed by atoms with E-state index >= 15 is 0 Å². The zero-order valence-corrected chi connectivity index (χ0v) is 11.4. The molecule has 5 rings (SSSR count). The predicted octanol–water partition coefficient (Wildman–Crippen LogP) is 3.56. The zero-order chi connectivity index (χ0) is 13.3. The van der Waals surface area contributed by atoms with E-state index in [2.05, 4.69) is 29.2 Å². The fourth-order valence-electron chi connectivity index (χ4n) is 5.39. The van der Waals surface area contributed by atoms with Crippen molar-refractivity contribution >= 4 is 10.9 Å². The molecule has 2 nitrogen and oxygen atoms in total. The largest absolute Gasteiger partial charge is 0.388 e. The lowest BCUT2D eigenvalue weighted by Crippen LogP contribution is -2.09. The number of nitrogens with zero attached hydrogens (tertiary/aromatic N) is 1. The number of para-hydroxylation sites is 1. The molecule has 2 bridgehead atoms. The van der Waals surface area contributed by atoms with Gasteiger partial charge in [-0.2, -0.15) is 0 Å². The van der Waals surface area contributed by atoms with Crippen LogP contribution in [0.2, 0.25) is 0 Å². The second-order valence-electron chi connectivity index (χ2n) is 6.93. The predicted molar refractivity (Wildman–Crippen MR) is 78.0 cm³/mol. The first kappa shape index (κ1) is 11.3. The molecule has 5 atom stereocenters. The SMILES string of the molecule is OC(c1cccc2cccnc12)C1C2C3CCC(C3)C21. The Hall–Kier alpha value is -1.41. The fraction of sp³-hybridized carbons (Fsp3) is 0.500. The summed E-state index contributed by atoms with van der Waals surface area (Å²) in [5.74, 6) is 3.94. The molecule has 2 aromatic rings. The van der Waals surface area contributed by atoms with E-state index in [1.165, 1.54) is 19.3 Å². The molecule has 102 valence electrons. The van der Waals surface area contributed by atoms with Crippen LogP contribution in [0.25, 0.3) is 10.9 Å². The highest BCUT2D eigenvalue weighted by Crippen LogP contribution is 2.72. The molecule has 0 spiro atoms. The average molecular weight is 265 g/mol. The highest BCUT2D eigenvalue weighted by molar-refractivity contribution is 5.81. The Morgan fingerprint density at radius 1 is 1.05 bits per heavy atom. The second kappa shape index (κ2) is 3.82. The van der Waals surface area contributed by atoms with Crippen LogP contribution in [0.3, 0.4) is 0 Å². The number of hydrogen-bond donors (Lipinski definition) is 1. The Bertz CT molecular complexity index is 661. The van der Waals surface area contributed by atoms with Crippen molar-refractivity contribution in [3.8, 4) is 0 Å². The van der Waals surface area contributed by atoms with Crippen LogP contribution < -0.4 is 0 Å². The van der Waals surface area contributed by atoms with Gasteiger partial charge in [0.15, 0.2) is 0 Å². The maximum Gasteiger partial charge on any atom is 0.0844 e. The Balaban J connectivity index is 1.53. The van der Waals surface area contributed by atoms with Gasteiger partial charge in [0.05, 0.1) is 11.6 Å². The van der Waals surface area contributed by atoms with Crippen LogP contribution in [-0.2, 0) is 0 Å². The van der Waals surface area contributed by atoms with E-state index in [4.69, 9.17) is 0 Å². The number of rotatable bonds is 2. The van der Waals surface area contributed by atoms with Crippen LogP contribution >= 0.6 is 0 Å². The van der Waals surface area contributed by atoms with Crippen molar-refractivity contribution < 1.29 is 5.11 Å². The molecule has 1 N–H and O–H groups in total. The molecule has 1 aromatic heterocycles. The van der Waals surface area contributed by atoms with Gasteiger partial charge in [-0.15, -0.1) is 0 Å². The second-order valence-corrected chi connectivity index (χ2v) is 6.93. The van der Waals surface area contributed by atoms with Crippen molar-refractivity contribution in [3.63, 3.8) is 0 Å². The van der Waals surface area contributed by atoms with E-state index in [1.54, 1.807) is 0 Å². The molecule has 5 unspecified atom stereocenters. The van der Waals surface area contributed by atoms with E-state index in [0.717, 1.165) is 40.1 Å². The average Bonchev–Trinajstić information content (AvgIpc) is 2.93. The molecule has 3 aliphatic rings. The Kier molecular flexibility index (Phi) is 2.15. The lowest BCUT2D eigenvalue weighted by Gasteiger charge is -2.17. The normalized spacial score (nSPS) is 39.0. The molecule has 1 heterocycles. The van der Waals surface area contributed by atoms with Gasteiger partial charge in [-0.1, -0.05) is 24.3 Å². The summed E-state index contributed by atoms with van der Waals surface area (Å²) >= 11 is 0. The summed E-state index contributed by atoms with van der Waals surface area (Å²) < 4.78 is 0. The third-order valence-corrected chi connectivity index (χ3v) is 6.14. The third kappa shape index (κ3) is 1.35. The van der Waals surface area contributed by atoms with Gasteiger partial charge in [-0.25, -0.2) is 0 Å². The van der Waals surface area contributed by atoms with Crippen molar-refractivity contribution in [2.75, 3.05) is 0 Å². The van der Waals surface area contributed by atoms with E-state index in [0.29, 0.717) is 5.92 Å². The fourth-order valence-corrected chi connectivity index (χ4v) is 5.39. The molecule has 0 radical (unpaired) electrons. The number of pyridine rings is 1. The first-order valence-electron chi connectivity index (χ1n) is 7.86. The summed E-state index contributed by atoms with van der Waals surface area (Å²) in [4.78, 5) is 4.50. The minimum atomic E-state index is -0.313. The summed E-state index contributed by atoms with van der Waals surface area (Å²) in [6.07, 6.45) is 5.76. The lowest BCUT2D eigenvalue weighted by atomic mass is 9.94. The smallest absolute Gasteiger partial charge is 0.0844 e. The van der Waals surface area contributed by atoms with Gasteiger partial charge < -0.3 is 5.11 Å². The van der Waals surface area contributed by atoms with Crippen molar-refractivity contribution in [3.05, 3.63) is 42.1 Å². The summed E-state index contributed by atoms with van der Waals surface area (Å²) in [6, 6.07) is 10.2. The topological polar surface area (TPSA) is 33.1 Å². The van der Waals surface area contributed by atoms with Crippen LogP contribution in [0, 0.1) is 29.6 Å². The standard InChI is InChI=1S/C18H19NO/c20-18(16-14-11-6-7-12(9-11)15(14)16)13-5-1-3-10-4-2-8-19-17(10)13/h1-5,8,11-12,14-16,18,20H,6-7,9H2. The van der Waals surface area contributed by atoms with Crippen LogP contribution in [0.1, 0.15) is 30.9 Å². The molecule has 0 amide bonds. The summed E-state index contributed by atoms with van der Waals surface area (Å²) in [5.41, 5.74) is 2.03. The van der Waals surface area contributed by atoms with Crippen molar-refractivity contribution in [2.45, 2.75) is 25.4 Å². The molecule has 20 heavy (non-hydrogen) atoms. The van der Waals surface area contributed by atoms with E-state index in [1.807, 2.05) is 12.3 Å².